The first kappa shape index (κ1) is 18.5. The zero-order chi connectivity index (χ0) is 20.1. The smallest absolute Gasteiger partial charge is 0.416 e. The van der Waals surface area contributed by atoms with Crippen LogP contribution in [0.4, 0.5) is 19.0 Å². The molecule has 1 saturated heterocycles. The van der Waals surface area contributed by atoms with Crippen LogP contribution in [0.2, 0.25) is 5.28 Å². The number of aromatic nitrogens is 4. The van der Waals surface area contributed by atoms with Gasteiger partial charge in [0, 0.05) is 19.0 Å². The van der Waals surface area contributed by atoms with Gasteiger partial charge in [0.15, 0.2) is 5.65 Å². The first-order valence-electron chi connectivity index (χ1n) is 8.28. The van der Waals surface area contributed by atoms with Gasteiger partial charge in [-0.15, -0.1) is 0 Å². The third-order valence-electron chi connectivity index (χ3n) is 4.52. The van der Waals surface area contributed by atoms with Gasteiger partial charge in [-0.25, -0.2) is 4.68 Å². The summed E-state index contributed by atoms with van der Waals surface area (Å²) in [6.07, 6.45) is -2.96. The SMILES string of the molecule is O=C(O)CC1CN(c2nc(Cl)nc3c2cnn3-c2cccc(C(F)(F)F)c2)C1. The van der Waals surface area contributed by atoms with Crippen molar-refractivity contribution < 1.29 is 23.1 Å². The number of hydrogen-bond acceptors (Lipinski definition) is 5. The predicted molar refractivity (Wildman–Crippen MR) is 94.6 cm³/mol. The molecule has 7 nitrogen and oxygen atoms in total. The predicted octanol–water partition coefficient (Wildman–Crippen LogP) is 3.40. The highest BCUT2D eigenvalue weighted by Gasteiger charge is 2.33. The number of benzene rings is 1. The summed E-state index contributed by atoms with van der Waals surface area (Å²) in [4.78, 5) is 21.0. The van der Waals surface area contributed by atoms with Crippen molar-refractivity contribution in [3.05, 3.63) is 41.3 Å². The van der Waals surface area contributed by atoms with E-state index in [-0.39, 0.29) is 29.0 Å². The summed E-state index contributed by atoms with van der Waals surface area (Å²) in [6, 6.07) is 4.74. The molecule has 1 aliphatic rings. The maximum Gasteiger partial charge on any atom is 0.416 e. The molecule has 1 aromatic carbocycles. The fourth-order valence-electron chi connectivity index (χ4n) is 3.23. The minimum absolute atomic E-state index is 0.000183. The third kappa shape index (κ3) is 3.35. The molecule has 146 valence electrons. The molecule has 0 unspecified atom stereocenters. The van der Waals surface area contributed by atoms with Crippen LogP contribution in [-0.4, -0.2) is 43.9 Å². The zero-order valence-corrected chi connectivity index (χ0v) is 14.9. The molecule has 2 aromatic heterocycles. The maximum absolute atomic E-state index is 13.0. The van der Waals surface area contributed by atoms with Gasteiger partial charge in [-0.05, 0) is 29.8 Å². The molecule has 3 heterocycles. The Morgan fingerprint density at radius 3 is 2.71 bits per heavy atom. The molecule has 0 saturated carbocycles. The van der Waals surface area contributed by atoms with Gasteiger partial charge in [0.05, 0.1) is 29.3 Å². The average molecular weight is 412 g/mol. The van der Waals surface area contributed by atoms with Crippen LogP contribution in [0.3, 0.4) is 0 Å². The van der Waals surface area contributed by atoms with Crippen molar-refractivity contribution in [3.63, 3.8) is 0 Å². The molecular weight excluding hydrogens is 399 g/mol. The summed E-state index contributed by atoms with van der Waals surface area (Å²) < 4.78 is 40.3. The number of halogens is 4. The van der Waals surface area contributed by atoms with Crippen molar-refractivity contribution in [3.8, 4) is 5.69 Å². The van der Waals surface area contributed by atoms with E-state index in [1.807, 2.05) is 4.90 Å². The molecule has 1 fully saturated rings. The Kier molecular flexibility index (Phi) is 4.37. The van der Waals surface area contributed by atoms with Crippen LogP contribution in [0.15, 0.2) is 30.5 Å². The van der Waals surface area contributed by atoms with Crippen molar-refractivity contribution in [1.82, 2.24) is 19.7 Å². The fraction of sp³-hybridized carbons (Fsp3) is 0.294. The van der Waals surface area contributed by atoms with Crippen molar-refractivity contribution >= 4 is 34.4 Å². The van der Waals surface area contributed by atoms with E-state index in [1.165, 1.54) is 23.0 Å². The number of nitrogens with zero attached hydrogens (tertiary/aromatic N) is 5. The molecular formula is C17H13ClF3N5O2. The lowest BCUT2D eigenvalue weighted by molar-refractivity contribution is -0.138. The molecule has 1 N–H and O–H groups in total. The Labute approximate surface area is 161 Å². The monoisotopic (exact) mass is 411 g/mol. The average Bonchev–Trinajstić information content (AvgIpc) is 3.00. The van der Waals surface area contributed by atoms with Gasteiger partial charge in [0.25, 0.3) is 0 Å². The highest BCUT2D eigenvalue weighted by atomic mass is 35.5. The van der Waals surface area contributed by atoms with Crippen LogP contribution < -0.4 is 4.90 Å². The van der Waals surface area contributed by atoms with E-state index >= 15 is 0 Å². The number of carboxylic acids is 1. The molecule has 0 bridgehead atoms. The van der Waals surface area contributed by atoms with Crippen LogP contribution in [0.5, 0.6) is 0 Å². The van der Waals surface area contributed by atoms with Gasteiger partial charge in [-0.2, -0.15) is 28.2 Å². The number of hydrogen-bond donors (Lipinski definition) is 1. The van der Waals surface area contributed by atoms with E-state index in [1.54, 1.807) is 0 Å². The van der Waals surface area contributed by atoms with Crippen LogP contribution in [0, 0.1) is 5.92 Å². The quantitative estimate of drug-likeness (QED) is 0.662. The highest BCUT2D eigenvalue weighted by Crippen LogP contribution is 2.34. The summed E-state index contributed by atoms with van der Waals surface area (Å²) >= 11 is 6.03. The van der Waals surface area contributed by atoms with E-state index in [2.05, 4.69) is 15.1 Å². The molecule has 0 amide bonds. The molecule has 1 aliphatic heterocycles. The topological polar surface area (TPSA) is 84.1 Å². The molecule has 4 rings (SSSR count). The van der Waals surface area contributed by atoms with Gasteiger partial charge in [-0.3, -0.25) is 4.79 Å². The third-order valence-corrected chi connectivity index (χ3v) is 4.69. The van der Waals surface area contributed by atoms with Crippen molar-refractivity contribution in [1.29, 1.82) is 0 Å². The van der Waals surface area contributed by atoms with E-state index in [0.29, 0.717) is 24.3 Å². The minimum Gasteiger partial charge on any atom is -0.481 e. The molecule has 3 aromatic rings. The largest absolute Gasteiger partial charge is 0.481 e. The van der Waals surface area contributed by atoms with Crippen LogP contribution >= 0.6 is 11.6 Å². The van der Waals surface area contributed by atoms with Gasteiger partial charge < -0.3 is 10.0 Å². The first-order chi connectivity index (χ1) is 13.2. The second-order valence-electron chi connectivity index (χ2n) is 6.53. The van der Waals surface area contributed by atoms with Gasteiger partial charge in [0.2, 0.25) is 5.28 Å². The number of alkyl halides is 3. The molecule has 28 heavy (non-hydrogen) atoms. The van der Waals surface area contributed by atoms with Crippen LogP contribution in [0.25, 0.3) is 16.7 Å². The summed E-state index contributed by atoms with van der Waals surface area (Å²) in [5.74, 6) is -0.387. The summed E-state index contributed by atoms with van der Waals surface area (Å²) in [6.45, 7) is 0.979. The summed E-state index contributed by atoms with van der Waals surface area (Å²) in [7, 11) is 0. The standard InChI is InChI=1S/C17H13ClF3N5O2/c18-16-23-14(25-7-9(8-25)4-13(27)28)12-6-22-26(15(12)24-16)11-3-1-2-10(5-11)17(19,20)21/h1-3,5-6,9H,4,7-8H2,(H,27,28). The Morgan fingerprint density at radius 2 is 2.04 bits per heavy atom. The lowest BCUT2D eigenvalue weighted by Gasteiger charge is -2.39. The van der Waals surface area contributed by atoms with E-state index in [0.717, 1.165) is 12.1 Å². The summed E-state index contributed by atoms with van der Waals surface area (Å²) in [5, 5.41) is 13.5. The Morgan fingerprint density at radius 1 is 1.29 bits per heavy atom. The van der Waals surface area contributed by atoms with Crippen molar-refractivity contribution in [2.75, 3.05) is 18.0 Å². The van der Waals surface area contributed by atoms with Gasteiger partial charge in [-0.1, -0.05) is 6.07 Å². The molecule has 0 atom stereocenters. The number of carbonyl (C=O) groups is 1. The number of rotatable bonds is 4. The Balaban J connectivity index is 1.72. The van der Waals surface area contributed by atoms with Gasteiger partial charge in [0.1, 0.15) is 5.82 Å². The molecule has 0 spiro atoms. The van der Waals surface area contributed by atoms with E-state index in [4.69, 9.17) is 16.7 Å². The Hall–Kier alpha value is -2.88. The number of carboxylic acid groups (broad SMARTS) is 1. The first-order valence-corrected chi connectivity index (χ1v) is 8.66. The normalized spacial score (nSPS) is 15.1. The number of aliphatic carboxylic acids is 1. The maximum atomic E-state index is 13.0. The minimum atomic E-state index is -4.48. The van der Waals surface area contributed by atoms with Crippen molar-refractivity contribution in [2.45, 2.75) is 12.6 Å². The number of anilines is 1. The molecule has 0 radical (unpaired) electrons. The van der Waals surface area contributed by atoms with E-state index < -0.39 is 17.7 Å². The van der Waals surface area contributed by atoms with Crippen molar-refractivity contribution in [2.24, 2.45) is 5.92 Å². The lowest BCUT2D eigenvalue weighted by Crippen LogP contribution is -2.48. The fourth-order valence-corrected chi connectivity index (χ4v) is 3.39. The molecule has 0 aliphatic carbocycles. The second kappa shape index (κ2) is 6.62. The van der Waals surface area contributed by atoms with Gasteiger partial charge >= 0.3 is 12.1 Å². The Bertz CT molecular complexity index is 1060. The zero-order valence-electron chi connectivity index (χ0n) is 14.2. The molecule has 11 heteroatoms. The second-order valence-corrected chi connectivity index (χ2v) is 6.86. The van der Waals surface area contributed by atoms with E-state index in [9.17, 15) is 18.0 Å². The number of fused-ring (bicyclic) bond motifs is 1. The van der Waals surface area contributed by atoms with Crippen LogP contribution in [0.1, 0.15) is 12.0 Å². The van der Waals surface area contributed by atoms with Crippen LogP contribution in [-0.2, 0) is 11.0 Å². The lowest BCUT2D eigenvalue weighted by atomic mass is 9.96. The summed E-state index contributed by atoms with van der Waals surface area (Å²) in [5.41, 5.74) is -0.331. The highest BCUT2D eigenvalue weighted by molar-refractivity contribution is 6.28.